The number of nitrogens with zero attached hydrogens (tertiary/aromatic N) is 2. The van der Waals surface area contributed by atoms with Crippen LogP contribution < -0.4 is 10.5 Å². The second-order valence-electron chi connectivity index (χ2n) is 7.11. The number of nitrogens with two attached hydrogens (primary N) is 1. The van der Waals surface area contributed by atoms with E-state index in [0.717, 1.165) is 30.1 Å². The topological polar surface area (TPSA) is 61.0 Å². The van der Waals surface area contributed by atoms with Gasteiger partial charge in [0.25, 0.3) is 0 Å². The molecule has 0 radical (unpaired) electrons. The molecular weight excluding hydrogens is 250 g/mol. The van der Waals surface area contributed by atoms with Crippen molar-refractivity contribution in [2.24, 2.45) is 5.92 Å². The lowest BCUT2D eigenvalue weighted by molar-refractivity contribution is 0.128. The zero-order valence-corrected chi connectivity index (χ0v) is 13.4. The van der Waals surface area contributed by atoms with Crippen LogP contribution in [-0.2, 0) is 5.41 Å². The Morgan fingerprint density at radius 3 is 2.25 bits per heavy atom. The summed E-state index contributed by atoms with van der Waals surface area (Å²) in [6.45, 7) is 10.5. The second-order valence-corrected chi connectivity index (χ2v) is 7.11. The number of aromatic nitrogens is 2. The molecule has 0 atom stereocenters. The van der Waals surface area contributed by atoms with Crippen LogP contribution in [0.25, 0.3) is 0 Å². The molecule has 1 aliphatic rings. The first-order valence-corrected chi connectivity index (χ1v) is 7.58. The molecule has 1 aromatic rings. The Hall–Kier alpha value is -1.32. The second kappa shape index (κ2) is 5.58. The zero-order chi connectivity index (χ0) is 14.9. The van der Waals surface area contributed by atoms with Crippen molar-refractivity contribution in [2.45, 2.75) is 71.8 Å². The monoisotopic (exact) mass is 277 g/mol. The molecule has 20 heavy (non-hydrogen) atoms. The molecule has 0 amide bonds. The van der Waals surface area contributed by atoms with E-state index < -0.39 is 0 Å². The molecule has 1 fully saturated rings. The Balaban J connectivity index is 2.20. The number of nitrogen functional groups attached to an aromatic ring is 1. The normalized spacial score (nSPS) is 23.6. The lowest BCUT2D eigenvalue weighted by Crippen LogP contribution is -2.25. The molecule has 0 saturated heterocycles. The predicted molar refractivity (Wildman–Crippen MR) is 81.9 cm³/mol. The van der Waals surface area contributed by atoms with Crippen LogP contribution in [0.2, 0.25) is 0 Å². The third kappa shape index (κ3) is 3.41. The molecule has 4 heteroatoms. The summed E-state index contributed by atoms with van der Waals surface area (Å²) in [6, 6.07) is 0. The predicted octanol–water partition coefficient (Wildman–Crippen LogP) is 3.62. The highest BCUT2D eigenvalue weighted by atomic mass is 16.5. The van der Waals surface area contributed by atoms with Crippen LogP contribution in [0, 0.1) is 12.8 Å². The molecular formula is C16H27N3O. The van der Waals surface area contributed by atoms with Crippen molar-refractivity contribution < 1.29 is 4.74 Å². The van der Waals surface area contributed by atoms with E-state index in [1.165, 1.54) is 12.8 Å². The molecule has 1 heterocycles. The highest BCUT2D eigenvalue weighted by Crippen LogP contribution is 2.30. The summed E-state index contributed by atoms with van der Waals surface area (Å²) in [6.07, 6.45) is 4.95. The van der Waals surface area contributed by atoms with Gasteiger partial charge in [0.1, 0.15) is 17.7 Å². The molecule has 4 nitrogen and oxygen atoms in total. The molecule has 1 aromatic heterocycles. The lowest BCUT2D eigenvalue weighted by atomic mass is 9.89. The van der Waals surface area contributed by atoms with Crippen LogP contribution in [-0.4, -0.2) is 16.1 Å². The van der Waals surface area contributed by atoms with Crippen molar-refractivity contribution in [3.8, 4) is 5.88 Å². The molecule has 2 rings (SSSR count). The molecule has 0 aliphatic heterocycles. The van der Waals surface area contributed by atoms with E-state index in [1.54, 1.807) is 0 Å². The average Bonchev–Trinajstić information content (AvgIpc) is 2.36. The molecule has 2 N–H and O–H groups in total. The quantitative estimate of drug-likeness (QED) is 0.896. The first-order valence-electron chi connectivity index (χ1n) is 7.58. The van der Waals surface area contributed by atoms with Gasteiger partial charge in [-0.1, -0.05) is 27.7 Å². The first kappa shape index (κ1) is 15.1. The van der Waals surface area contributed by atoms with E-state index in [0.29, 0.717) is 11.7 Å². The summed E-state index contributed by atoms with van der Waals surface area (Å²) < 4.78 is 6.12. The number of rotatable bonds is 2. The molecule has 0 bridgehead atoms. The molecule has 1 saturated carbocycles. The SMILES string of the molecule is Cc1c(N)nc(C(C)(C)C)nc1OC1CCC(C)CC1. The van der Waals surface area contributed by atoms with Crippen molar-refractivity contribution in [3.05, 3.63) is 11.4 Å². The van der Waals surface area contributed by atoms with Crippen LogP contribution in [0.3, 0.4) is 0 Å². The molecule has 0 unspecified atom stereocenters. The first-order chi connectivity index (χ1) is 9.27. The van der Waals surface area contributed by atoms with Crippen LogP contribution in [0.5, 0.6) is 5.88 Å². The van der Waals surface area contributed by atoms with Crippen LogP contribution in [0.4, 0.5) is 5.82 Å². The number of hydrogen-bond acceptors (Lipinski definition) is 4. The highest BCUT2D eigenvalue weighted by Gasteiger charge is 2.24. The van der Waals surface area contributed by atoms with E-state index >= 15 is 0 Å². The van der Waals surface area contributed by atoms with Crippen molar-refractivity contribution in [1.29, 1.82) is 0 Å². The third-order valence-electron chi connectivity index (χ3n) is 4.05. The van der Waals surface area contributed by atoms with Gasteiger partial charge < -0.3 is 10.5 Å². The van der Waals surface area contributed by atoms with Gasteiger partial charge in [-0.05, 0) is 38.5 Å². The maximum atomic E-state index is 6.12. The number of anilines is 1. The van der Waals surface area contributed by atoms with Gasteiger partial charge in [-0.3, -0.25) is 0 Å². The molecule has 1 aliphatic carbocycles. The number of ether oxygens (including phenoxy) is 1. The summed E-state index contributed by atoms with van der Waals surface area (Å²) >= 11 is 0. The molecule has 112 valence electrons. The fraction of sp³-hybridized carbons (Fsp3) is 0.750. The maximum absolute atomic E-state index is 6.12. The summed E-state index contributed by atoms with van der Waals surface area (Å²) in [5.41, 5.74) is 6.75. The average molecular weight is 277 g/mol. The van der Waals surface area contributed by atoms with Gasteiger partial charge >= 0.3 is 0 Å². The highest BCUT2D eigenvalue weighted by molar-refractivity contribution is 5.45. The summed E-state index contributed by atoms with van der Waals surface area (Å²) in [5, 5.41) is 0. The van der Waals surface area contributed by atoms with Crippen molar-refractivity contribution in [3.63, 3.8) is 0 Å². The van der Waals surface area contributed by atoms with Gasteiger partial charge in [0.05, 0.1) is 5.56 Å². The Bertz CT molecular complexity index is 471. The molecule has 0 aromatic carbocycles. The lowest BCUT2D eigenvalue weighted by Gasteiger charge is -2.27. The van der Waals surface area contributed by atoms with E-state index in [9.17, 15) is 0 Å². The van der Waals surface area contributed by atoms with E-state index in [1.807, 2.05) is 6.92 Å². The van der Waals surface area contributed by atoms with Gasteiger partial charge in [-0.25, -0.2) is 4.98 Å². The van der Waals surface area contributed by atoms with Crippen molar-refractivity contribution >= 4 is 5.82 Å². The Kier molecular flexibility index (Phi) is 4.21. The third-order valence-corrected chi connectivity index (χ3v) is 4.05. The summed E-state index contributed by atoms with van der Waals surface area (Å²) in [7, 11) is 0. The van der Waals surface area contributed by atoms with E-state index in [2.05, 4.69) is 37.7 Å². The van der Waals surface area contributed by atoms with Crippen molar-refractivity contribution in [2.75, 3.05) is 5.73 Å². The molecule has 0 spiro atoms. The van der Waals surface area contributed by atoms with Gasteiger partial charge in [0.15, 0.2) is 0 Å². The maximum Gasteiger partial charge on any atom is 0.222 e. The standard InChI is InChI=1S/C16H27N3O/c1-10-6-8-12(9-7-10)20-14-11(2)13(17)18-15(19-14)16(3,4)5/h10,12H,6-9H2,1-5H3,(H2,17,18,19). The smallest absolute Gasteiger partial charge is 0.222 e. The van der Waals surface area contributed by atoms with Gasteiger partial charge in [0, 0.05) is 5.41 Å². The summed E-state index contributed by atoms with van der Waals surface area (Å²) in [4.78, 5) is 9.00. The fourth-order valence-corrected chi connectivity index (χ4v) is 2.47. The van der Waals surface area contributed by atoms with E-state index in [4.69, 9.17) is 10.5 Å². The van der Waals surface area contributed by atoms with Crippen LogP contribution >= 0.6 is 0 Å². The number of hydrogen-bond donors (Lipinski definition) is 1. The minimum atomic E-state index is -0.124. The zero-order valence-electron chi connectivity index (χ0n) is 13.4. The van der Waals surface area contributed by atoms with Gasteiger partial charge in [-0.2, -0.15) is 4.98 Å². The Morgan fingerprint density at radius 2 is 1.70 bits per heavy atom. The fourth-order valence-electron chi connectivity index (χ4n) is 2.47. The minimum Gasteiger partial charge on any atom is -0.474 e. The van der Waals surface area contributed by atoms with E-state index in [-0.39, 0.29) is 11.5 Å². The van der Waals surface area contributed by atoms with Crippen molar-refractivity contribution in [1.82, 2.24) is 9.97 Å². The Labute approximate surface area is 122 Å². The Morgan fingerprint density at radius 1 is 1.10 bits per heavy atom. The minimum absolute atomic E-state index is 0.124. The van der Waals surface area contributed by atoms with Crippen LogP contribution in [0.1, 0.15) is 64.8 Å². The van der Waals surface area contributed by atoms with Crippen LogP contribution in [0.15, 0.2) is 0 Å². The summed E-state index contributed by atoms with van der Waals surface area (Å²) in [5.74, 6) is 2.77. The van der Waals surface area contributed by atoms with Gasteiger partial charge in [0.2, 0.25) is 5.88 Å². The van der Waals surface area contributed by atoms with Gasteiger partial charge in [-0.15, -0.1) is 0 Å². The largest absolute Gasteiger partial charge is 0.474 e.